The molecule has 7 aromatic carbocycles. The Morgan fingerprint density at radius 3 is 1.70 bits per heavy atom. The Labute approximate surface area is 214 Å². The number of nitrogens with zero attached hydrogens (tertiary/aromatic N) is 1. The largest absolute Gasteiger partial charge is 0.337 e. The van der Waals surface area contributed by atoms with E-state index in [1.54, 1.807) is 0 Å². The standard InChI is InChI=1S/C35H22N2/c1-3-10-23(11-4-1)33-34(24-12-5-2-6-13-24)37-35(36-33)30-21-20-29-26-17-8-15-22-14-7-16-25(31(22)26)27-18-9-19-28(30)32(27)29/h1-21H,(H,36,37). The molecule has 0 aliphatic rings. The van der Waals surface area contributed by atoms with E-state index in [2.05, 4.69) is 120 Å². The van der Waals surface area contributed by atoms with Gasteiger partial charge in [-0.05, 0) is 49.2 Å². The molecule has 8 rings (SSSR count). The predicted molar refractivity (Wildman–Crippen MR) is 156 cm³/mol. The lowest BCUT2D eigenvalue weighted by Crippen LogP contribution is -1.90. The van der Waals surface area contributed by atoms with Crippen LogP contribution in [0.3, 0.4) is 0 Å². The Kier molecular flexibility index (Phi) is 4.26. The third-order valence-electron chi connectivity index (χ3n) is 7.59. The molecule has 0 saturated heterocycles. The zero-order valence-electron chi connectivity index (χ0n) is 20.1. The molecule has 0 aliphatic carbocycles. The number of aromatic amines is 1. The van der Waals surface area contributed by atoms with Crippen LogP contribution in [0.25, 0.3) is 77.0 Å². The summed E-state index contributed by atoms with van der Waals surface area (Å²) in [6.45, 7) is 0. The molecule has 0 aliphatic heterocycles. The minimum Gasteiger partial charge on any atom is -0.337 e. The van der Waals surface area contributed by atoms with Crippen LogP contribution in [0.4, 0.5) is 0 Å². The van der Waals surface area contributed by atoms with Crippen molar-refractivity contribution >= 4 is 43.1 Å². The van der Waals surface area contributed by atoms with Gasteiger partial charge in [-0.3, -0.25) is 0 Å². The Morgan fingerprint density at radius 2 is 1.00 bits per heavy atom. The first-order valence-electron chi connectivity index (χ1n) is 12.7. The van der Waals surface area contributed by atoms with Gasteiger partial charge in [0.05, 0.1) is 11.4 Å². The Hall–Kier alpha value is -4.95. The zero-order chi connectivity index (χ0) is 24.3. The van der Waals surface area contributed by atoms with Crippen LogP contribution < -0.4 is 0 Å². The Bertz CT molecular complexity index is 1960. The number of benzene rings is 7. The van der Waals surface area contributed by atoms with Crippen LogP contribution in [0, 0.1) is 0 Å². The molecule has 1 N–H and O–H groups in total. The number of nitrogens with one attached hydrogen (secondary N) is 1. The molecule has 0 spiro atoms. The summed E-state index contributed by atoms with van der Waals surface area (Å²) in [6.07, 6.45) is 0. The minimum atomic E-state index is 0.887. The quantitative estimate of drug-likeness (QED) is 0.202. The van der Waals surface area contributed by atoms with Crippen molar-refractivity contribution in [3.8, 4) is 33.9 Å². The molecule has 0 saturated carbocycles. The molecule has 0 amide bonds. The highest BCUT2D eigenvalue weighted by Gasteiger charge is 2.19. The minimum absolute atomic E-state index is 0.887. The molecule has 0 atom stereocenters. The first-order chi connectivity index (χ1) is 18.4. The molecule has 0 bridgehead atoms. The van der Waals surface area contributed by atoms with Gasteiger partial charge in [-0.25, -0.2) is 4.98 Å². The summed E-state index contributed by atoms with van der Waals surface area (Å²) in [6, 6.07) is 45.3. The van der Waals surface area contributed by atoms with Crippen molar-refractivity contribution < 1.29 is 0 Å². The van der Waals surface area contributed by atoms with Gasteiger partial charge in [-0.1, -0.05) is 121 Å². The van der Waals surface area contributed by atoms with Gasteiger partial charge < -0.3 is 4.98 Å². The number of aromatic nitrogens is 2. The molecular weight excluding hydrogens is 448 g/mol. The summed E-state index contributed by atoms with van der Waals surface area (Å²) in [4.78, 5) is 8.92. The fourth-order valence-corrected chi connectivity index (χ4v) is 5.97. The van der Waals surface area contributed by atoms with Crippen LogP contribution in [-0.2, 0) is 0 Å². The van der Waals surface area contributed by atoms with Crippen molar-refractivity contribution in [1.29, 1.82) is 0 Å². The maximum absolute atomic E-state index is 5.21. The summed E-state index contributed by atoms with van der Waals surface area (Å²) in [5.74, 6) is 0.887. The van der Waals surface area contributed by atoms with E-state index >= 15 is 0 Å². The predicted octanol–water partition coefficient (Wildman–Crippen LogP) is 9.46. The average Bonchev–Trinajstić information content (AvgIpc) is 3.42. The van der Waals surface area contributed by atoms with Crippen LogP contribution in [0.2, 0.25) is 0 Å². The summed E-state index contributed by atoms with van der Waals surface area (Å²) >= 11 is 0. The molecule has 8 aromatic rings. The van der Waals surface area contributed by atoms with Crippen molar-refractivity contribution in [3.63, 3.8) is 0 Å². The van der Waals surface area contributed by atoms with Crippen LogP contribution in [0.1, 0.15) is 0 Å². The van der Waals surface area contributed by atoms with Crippen LogP contribution in [-0.4, -0.2) is 9.97 Å². The summed E-state index contributed by atoms with van der Waals surface area (Å²) < 4.78 is 0. The van der Waals surface area contributed by atoms with E-state index in [-0.39, 0.29) is 0 Å². The topological polar surface area (TPSA) is 28.7 Å². The van der Waals surface area contributed by atoms with Crippen LogP contribution in [0.5, 0.6) is 0 Å². The molecule has 1 heterocycles. The lowest BCUT2D eigenvalue weighted by Gasteiger charge is -2.15. The summed E-state index contributed by atoms with van der Waals surface area (Å²) in [5, 5.41) is 10.3. The normalized spacial score (nSPS) is 11.8. The third-order valence-corrected chi connectivity index (χ3v) is 7.59. The van der Waals surface area contributed by atoms with E-state index in [0.717, 1.165) is 33.9 Å². The van der Waals surface area contributed by atoms with Crippen LogP contribution >= 0.6 is 0 Å². The monoisotopic (exact) mass is 470 g/mol. The molecular formula is C35H22N2. The fraction of sp³-hybridized carbons (Fsp3) is 0. The number of H-pyrrole nitrogens is 1. The molecule has 1 aromatic heterocycles. The fourth-order valence-electron chi connectivity index (χ4n) is 5.97. The van der Waals surface area contributed by atoms with E-state index in [0.29, 0.717) is 0 Å². The first kappa shape index (κ1) is 20.3. The van der Waals surface area contributed by atoms with Crippen molar-refractivity contribution in [2.24, 2.45) is 0 Å². The van der Waals surface area contributed by atoms with Gasteiger partial charge in [0.2, 0.25) is 0 Å². The van der Waals surface area contributed by atoms with Gasteiger partial charge in [0.15, 0.2) is 0 Å². The maximum atomic E-state index is 5.21. The van der Waals surface area contributed by atoms with Gasteiger partial charge >= 0.3 is 0 Å². The maximum Gasteiger partial charge on any atom is 0.139 e. The molecule has 172 valence electrons. The highest BCUT2D eigenvalue weighted by Crippen LogP contribution is 2.43. The van der Waals surface area contributed by atoms with E-state index < -0.39 is 0 Å². The smallest absolute Gasteiger partial charge is 0.139 e. The Balaban J connectivity index is 1.45. The SMILES string of the molecule is c1ccc(-c2nc(-c3ccc4c5cccc6cccc(c7cccc3c74)c65)[nH]c2-c2ccccc2)cc1. The zero-order valence-corrected chi connectivity index (χ0v) is 20.1. The van der Waals surface area contributed by atoms with Gasteiger partial charge in [0, 0.05) is 16.7 Å². The van der Waals surface area contributed by atoms with Crippen molar-refractivity contribution in [2.45, 2.75) is 0 Å². The summed E-state index contributed by atoms with van der Waals surface area (Å²) in [5.41, 5.74) is 5.36. The van der Waals surface area contributed by atoms with Crippen molar-refractivity contribution in [2.75, 3.05) is 0 Å². The highest BCUT2D eigenvalue weighted by molar-refractivity contribution is 6.34. The van der Waals surface area contributed by atoms with E-state index in [9.17, 15) is 0 Å². The average molecular weight is 471 g/mol. The second-order valence-corrected chi connectivity index (χ2v) is 9.64. The summed E-state index contributed by atoms with van der Waals surface area (Å²) in [7, 11) is 0. The lowest BCUT2D eigenvalue weighted by atomic mass is 9.88. The molecule has 37 heavy (non-hydrogen) atoms. The lowest BCUT2D eigenvalue weighted by molar-refractivity contribution is 1.32. The Morgan fingerprint density at radius 1 is 0.432 bits per heavy atom. The van der Waals surface area contributed by atoms with Gasteiger partial charge in [-0.2, -0.15) is 0 Å². The number of imidazole rings is 1. The first-order valence-corrected chi connectivity index (χ1v) is 12.7. The second kappa shape index (κ2) is 7.78. The van der Waals surface area contributed by atoms with Gasteiger partial charge in [0.1, 0.15) is 5.82 Å². The molecule has 2 nitrogen and oxygen atoms in total. The van der Waals surface area contributed by atoms with Gasteiger partial charge in [-0.15, -0.1) is 0 Å². The number of fused-ring (bicyclic) bond motifs is 2. The van der Waals surface area contributed by atoms with E-state index in [1.165, 1.54) is 43.1 Å². The van der Waals surface area contributed by atoms with Crippen molar-refractivity contribution in [3.05, 3.63) is 127 Å². The van der Waals surface area contributed by atoms with E-state index in [1.807, 2.05) is 12.1 Å². The molecule has 0 fully saturated rings. The molecule has 2 heteroatoms. The third kappa shape index (κ3) is 2.96. The van der Waals surface area contributed by atoms with Crippen molar-refractivity contribution in [1.82, 2.24) is 9.97 Å². The second-order valence-electron chi connectivity index (χ2n) is 9.64. The highest BCUT2D eigenvalue weighted by atomic mass is 14.9. The van der Waals surface area contributed by atoms with Crippen LogP contribution in [0.15, 0.2) is 127 Å². The van der Waals surface area contributed by atoms with E-state index in [4.69, 9.17) is 4.98 Å². The number of rotatable bonds is 3. The number of hydrogen-bond acceptors (Lipinski definition) is 1. The number of hydrogen-bond donors (Lipinski definition) is 1. The van der Waals surface area contributed by atoms with Gasteiger partial charge in [0.25, 0.3) is 0 Å². The molecule has 0 unspecified atom stereocenters. The molecule has 0 radical (unpaired) electrons.